The number of carbonyl (C=O) groups excluding carboxylic acids is 3. The maximum absolute atomic E-state index is 12.8. The predicted molar refractivity (Wildman–Crippen MR) is 116 cm³/mol. The smallest absolute Gasteiger partial charge is 0.341 e. The Kier molecular flexibility index (Phi) is 8.13. The molecule has 0 radical (unpaired) electrons. The lowest BCUT2D eigenvalue weighted by Crippen LogP contribution is -2.37. The van der Waals surface area contributed by atoms with Gasteiger partial charge in [0.25, 0.3) is 5.91 Å². The van der Waals surface area contributed by atoms with Crippen LogP contribution in [0.2, 0.25) is 0 Å². The summed E-state index contributed by atoms with van der Waals surface area (Å²) in [5.41, 5.74) is 1.71. The van der Waals surface area contributed by atoms with Crippen LogP contribution in [-0.4, -0.2) is 58.7 Å². The van der Waals surface area contributed by atoms with Gasteiger partial charge < -0.3 is 15.4 Å². The van der Waals surface area contributed by atoms with Crippen molar-refractivity contribution in [2.24, 2.45) is 7.05 Å². The van der Waals surface area contributed by atoms with Gasteiger partial charge >= 0.3 is 5.97 Å². The van der Waals surface area contributed by atoms with Gasteiger partial charge in [0.15, 0.2) is 0 Å². The molecule has 0 bridgehead atoms. The van der Waals surface area contributed by atoms with Gasteiger partial charge in [-0.25, -0.2) is 4.79 Å². The van der Waals surface area contributed by atoms with E-state index in [9.17, 15) is 14.4 Å². The summed E-state index contributed by atoms with van der Waals surface area (Å²) in [6.45, 7) is 8.28. The molecule has 2 heterocycles. The standard InChI is InChI=1S/C20H29N5O4S/c1-7-29-20(28)16-13(4)17(18(27)21-5)30-19(16)23-15(26)11-25(12(2)3)10-14-8-22-24(6)9-14/h8-9,12H,7,10-11H2,1-6H3,(H,21,27)(H,23,26). The van der Waals surface area contributed by atoms with Crippen LogP contribution in [0.1, 0.15) is 51.9 Å². The van der Waals surface area contributed by atoms with E-state index >= 15 is 0 Å². The summed E-state index contributed by atoms with van der Waals surface area (Å²) in [6.07, 6.45) is 3.68. The topological polar surface area (TPSA) is 106 Å². The minimum absolute atomic E-state index is 0.118. The Morgan fingerprint density at radius 1 is 1.33 bits per heavy atom. The number of ether oxygens (including phenoxy) is 1. The van der Waals surface area contributed by atoms with Gasteiger partial charge in [0.2, 0.25) is 5.91 Å². The Balaban J connectivity index is 2.23. The normalized spacial score (nSPS) is 11.1. The third-order valence-corrected chi connectivity index (χ3v) is 5.74. The van der Waals surface area contributed by atoms with Gasteiger partial charge in [-0.15, -0.1) is 11.3 Å². The number of esters is 1. The van der Waals surface area contributed by atoms with E-state index in [-0.39, 0.29) is 36.6 Å². The third kappa shape index (κ3) is 5.67. The molecule has 0 aliphatic carbocycles. The van der Waals surface area contributed by atoms with Crippen molar-refractivity contribution in [1.82, 2.24) is 20.0 Å². The fourth-order valence-electron chi connectivity index (χ4n) is 2.94. The van der Waals surface area contributed by atoms with Gasteiger partial charge in [-0.2, -0.15) is 5.10 Å². The molecule has 0 fully saturated rings. The van der Waals surface area contributed by atoms with Crippen molar-refractivity contribution < 1.29 is 19.1 Å². The van der Waals surface area contributed by atoms with Crippen LogP contribution >= 0.6 is 11.3 Å². The average Bonchev–Trinajstić information content (AvgIpc) is 3.23. The summed E-state index contributed by atoms with van der Waals surface area (Å²) < 4.78 is 6.84. The maximum atomic E-state index is 12.8. The molecule has 2 N–H and O–H groups in total. The Labute approximate surface area is 180 Å². The first-order valence-electron chi connectivity index (χ1n) is 9.71. The van der Waals surface area contributed by atoms with Crippen molar-refractivity contribution in [2.75, 3.05) is 25.5 Å². The minimum Gasteiger partial charge on any atom is -0.462 e. The number of rotatable bonds is 9. The molecule has 0 aromatic carbocycles. The van der Waals surface area contributed by atoms with E-state index in [2.05, 4.69) is 15.7 Å². The van der Waals surface area contributed by atoms with Crippen molar-refractivity contribution in [3.05, 3.63) is 34.0 Å². The quantitative estimate of drug-likeness (QED) is 0.585. The minimum atomic E-state index is -0.562. The highest BCUT2D eigenvalue weighted by atomic mass is 32.1. The number of amides is 2. The Bertz CT molecular complexity index is 918. The number of nitrogens with one attached hydrogen (secondary N) is 2. The second kappa shape index (κ2) is 10.4. The zero-order chi connectivity index (χ0) is 22.4. The number of thiophene rings is 1. The number of hydrogen-bond acceptors (Lipinski definition) is 7. The molecule has 164 valence electrons. The molecule has 2 rings (SSSR count). The summed E-state index contributed by atoms with van der Waals surface area (Å²) in [4.78, 5) is 39.8. The summed E-state index contributed by atoms with van der Waals surface area (Å²) in [5, 5.41) is 9.84. The molecule has 0 aliphatic heterocycles. The van der Waals surface area contributed by atoms with Crippen molar-refractivity contribution in [3.8, 4) is 0 Å². The van der Waals surface area contributed by atoms with Gasteiger partial charge in [0.1, 0.15) is 5.00 Å². The summed E-state index contributed by atoms with van der Waals surface area (Å²) in [6, 6.07) is 0.118. The lowest BCUT2D eigenvalue weighted by molar-refractivity contribution is -0.117. The lowest BCUT2D eigenvalue weighted by atomic mass is 10.1. The fourth-order valence-corrected chi connectivity index (χ4v) is 4.10. The molecule has 9 nitrogen and oxygen atoms in total. The van der Waals surface area contributed by atoms with Gasteiger partial charge in [-0.1, -0.05) is 0 Å². The van der Waals surface area contributed by atoms with Crippen LogP contribution in [0.25, 0.3) is 0 Å². The first-order chi connectivity index (χ1) is 14.2. The first-order valence-corrected chi connectivity index (χ1v) is 10.5. The largest absolute Gasteiger partial charge is 0.462 e. The van der Waals surface area contributed by atoms with Crippen LogP contribution in [0.3, 0.4) is 0 Å². The summed E-state index contributed by atoms with van der Waals surface area (Å²) >= 11 is 1.07. The van der Waals surface area contributed by atoms with E-state index < -0.39 is 5.97 Å². The highest BCUT2D eigenvalue weighted by Gasteiger charge is 2.27. The molecular formula is C20H29N5O4S. The lowest BCUT2D eigenvalue weighted by Gasteiger charge is -2.25. The van der Waals surface area contributed by atoms with E-state index in [4.69, 9.17) is 4.74 Å². The highest BCUT2D eigenvalue weighted by molar-refractivity contribution is 7.18. The van der Waals surface area contributed by atoms with Crippen molar-refractivity contribution >= 4 is 34.1 Å². The van der Waals surface area contributed by atoms with E-state index in [1.165, 1.54) is 7.05 Å². The zero-order valence-electron chi connectivity index (χ0n) is 18.2. The predicted octanol–water partition coefficient (Wildman–Crippen LogP) is 2.18. The van der Waals surface area contributed by atoms with Gasteiger partial charge in [-0.05, 0) is 33.3 Å². The van der Waals surface area contributed by atoms with Crippen LogP contribution in [0, 0.1) is 6.92 Å². The molecule has 2 aromatic heterocycles. The Hall–Kier alpha value is -2.72. The fraction of sp³-hybridized carbons (Fsp3) is 0.500. The number of hydrogen-bond donors (Lipinski definition) is 2. The number of nitrogens with zero attached hydrogens (tertiary/aromatic N) is 3. The van der Waals surface area contributed by atoms with Crippen LogP contribution < -0.4 is 10.6 Å². The highest BCUT2D eigenvalue weighted by Crippen LogP contribution is 2.33. The van der Waals surface area contributed by atoms with Crippen LogP contribution in [0.4, 0.5) is 5.00 Å². The molecule has 0 spiro atoms. The molecule has 0 atom stereocenters. The monoisotopic (exact) mass is 435 g/mol. The molecule has 0 aliphatic rings. The molecular weight excluding hydrogens is 406 g/mol. The number of aromatic nitrogens is 2. The second-order valence-corrected chi connectivity index (χ2v) is 8.15. The van der Waals surface area contributed by atoms with Crippen molar-refractivity contribution in [2.45, 2.75) is 40.3 Å². The summed E-state index contributed by atoms with van der Waals surface area (Å²) in [7, 11) is 3.36. The van der Waals surface area contributed by atoms with Crippen molar-refractivity contribution in [3.63, 3.8) is 0 Å². The number of anilines is 1. The number of aryl methyl sites for hydroxylation is 1. The van der Waals surface area contributed by atoms with Crippen LogP contribution in [0.5, 0.6) is 0 Å². The van der Waals surface area contributed by atoms with E-state index in [0.29, 0.717) is 22.0 Å². The zero-order valence-corrected chi connectivity index (χ0v) is 19.1. The van der Waals surface area contributed by atoms with Gasteiger partial charge in [0.05, 0.1) is 29.8 Å². The molecule has 2 aromatic rings. The van der Waals surface area contributed by atoms with Crippen molar-refractivity contribution in [1.29, 1.82) is 0 Å². The third-order valence-electron chi connectivity index (χ3n) is 4.53. The van der Waals surface area contributed by atoms with E-state index in [1.807, 2.05) is 32.0 Å². The molecule has 0 unspecified atom stereocenters. The molecule has 0 saturated carbocycles. The molecule has 10 heteroatoms. The SMILES string of the molecule is CCOC(=O)c1c(NC(=O)CN(Cc2cnn(C)c2)C(C)C)sc(C(=O)NC)c1C. The van der Waals surface area contributed by atoms with E-state index in [0.717, 1.165) is 16.9 Å². The maximum Gasteiger partial charge on any atom is 0.341 e. The first kappa shape index (κ1) is 23.6. The molecule has 30 heavy (non-hydrogen) atoms. The van der Waals surface area contributed by atoms with Gasteiger partial charge in [-0.3, -0.25) is 19.2 Å². The Morgan fingerprint density at radius 2 is 2.03 bits per heavy atom. The second-order valence-electron chi connectivity index (χ2n) is 7.13. The van der Waals surface area contributed by atoms with E-state index in [1.54, 1.807) is 24.7 Å². The van der Waals surface area contributed by atoms with Gasteiger partial charge in [0, 0.05) is 38.4 Å². The Morgan fingerprint density at radius 3 is 2.57 bits per heavy atom. The molecule has 2 amide bonds. The number of carbonyl (C=O) groups is 3. The van der Waals surface area contributed by atoms with Crippen LogP contribution in [0.15, 0.2) is 12.4 Å². The average molecular weight is 436 g/mol. The van der Waals surface area contributed by atoms with Crippen LogP contribution in [-0.2, 0) is 23.1 Å². The summed E-state index contributed by atoms with van der Waals surface area (Å²) in [5.74, 6) is -1.15. The molecule has 0 saturated heterocycles.